The summed E-state index contributed by atoms with van der Waals surface area (Å²) in [5.74, 6) is -0.885. The molecule has 1 unspecified atom stereocenters. The van der Waals surface area contributed by atoms with Gasteiger partial charge in [-0.05, 0) is 39.1 Å². The number of likely N-dealkylation sites (N-methyl/N-ethyl adjacent to an activating group) is 1. The van der Waals surface area contributed by atoms with E-state index in [4.69, 9.17) is 9.84 Å². The van der Waals surface area contributed by atoms with Gasteiger partial charge in [-0.15, -0.1) is 0 Å². The summed E-state index contributed by atoms with van der Waals surface area (Å²) >= 11 is 0. The van der Waals surface area contributed by atoms with Crippen molar-refractivity contribution in [2.45, 2.75) is 20.0 Å². The van der Waals surface area contributed by atoms with E-state index in [0.717, 1.165) is 17.1 Å². The summed E-state index contributed by atoms with van der Waals surface area (Å²) in [5, 5.41) is 8.91. The number of carbonyl (C=O) groups is 2. The monoisotopic (exact) mass is 385 g/mol. The van der Waals surface area contributed by atoms with E-state index in [1.54, 1.807) is 16.8 Å². The quantitative estimate of drug-likeness (QED) is 0.823. The lowest BCUT2D eigenvalue weighted by Gasteiger charge is -2.34. The van der Waals surface area contributed by atoms with Crippen LogP contribution >= 0.6 is 0 Å². The van der Waals surface area contributed by atoms with Crippen molar-refractivity contribution in [1.82, 2.24) is 14.4 Å². The molecule has 0 radical (unpaired) electrons. The van der Waals surface area contributed by atoms with Gasteiger partial charge in [0.15, 0.2) is 0 Å². The summed E-state index contributed by atoms with van der Waals surface area (Å²) < 4.78 is 7.83. The number of aromatic nitrogens is 1. The highest BCUT2D eigenvalue weighted by Gasteiger charge is 2.28. The Labute approximate surface area is 165 Å². The standard InChI is InChI=1S/C21H27N3O4/c1-15-11-19(16(2)24(15)17-7-5-4-6-8-17)21(27)23-9-10-28-18(13-23)12-22(3)14-20(25)26/h4-8,11,18H,9-10,12-14H2,1-3H3,(H,25,26). The molecule has 2 aromatic rings. The molecule has 3 rings (SSSR count). The topological polar surface area (TPSA) is 75.0 Å². The maximum atomic E-state index is 13.2. The van der Waals surface area contributed by atoms with Crippen LogP contribution in [0.4, 0.5) is 0 Å². The smallest absolute Gasteiger partial charge is 0.317 e. The molecule has 28 heavy (non-hydrogen) atoms. The lowest BCUT2D eigenvalue weighted by atomic mass is 10.1. The molecule has 1 atom stereocenters. The third kappa shape index (κ3) is 4.43. The van der Waals surface area contributed by atoms with Crippen molar-refractivity contribution in [3.05, 3.63) is 53.3 Å². The predicted octanol–water partition coefficient (Wildman–Crippen LogP) is 1.95. The van der Waals surface area contributed by atoms with Gasteiger partial charge in [-0.2, -0.15) is 0 Å². The lowest BCUT2D eigenvalue weighted by Crippen LogP contribution is -2.49. The molecule has 0 aliphatic carbocycles. The summed E-state index contributed by atoms with van der Waals surface area (Å²) in [4.78, 5) is 27.5. The Balaban J connectivity index is 1.74. The van der Waals surface area contributed by atoms with E-state index in [2.05, 4.69) is 4.57 Å². The van der Waals surface area contributed by atoms with Gasteiger partial charge in [0.2, 0.25) is 0 Å². The predicted molar refractivity (Wildman–Crippen MR) is 106 cm³/mol. The Morgan fingerprint density at radius 3 is 2.64 bits per heavy atom. The minimum Gasteiger partial charge on any atom is -0.480 e. The van der Waals surface area contributed by atoms with E-state index in [9.17, 15) is 9.59 Å². The van der Waals surface area contributed by atoms with Gasteiger partial charge in [0, 0.05) is 36.7 Å². The zero-order valence-electron chi connectivity index (χ0n) is 16.6. The van der Waals surface area contributed by atoms with Gasteiger partial charge in [0.25, 0.3) is 5.91 Å². The lowest BCUT2D eigenvalue weighted by molar-refractivity contribution is -0.138. The first-order valence-electron chi connectivity index (χ1n) is 9.42. The molecule has 1 N–H and O–H groups in total. The van der Waals surface area contributed by atoms with Gasteiger partial charge in [-0.1, -0.05) is 18.2 Å². The number of benzene rings is 1. The van der Waals surface area contributed by atoms with Crippen LogP contribution in [0.2, 0.25) is 0 Å². The fourth-order valence-electron chi connectivity index (χ4n) is 3.78. The summed E-state index contributed by atoms with van der Waals surface area (Å²) in [6, 6.07) is 11.9. The van der Waals surface area contributed by atoms with Crippen molar-refractivity contribution in [3.63, 3.8) is 0 Å². The number of carbonyl (C=O) groups excluding carboxylic acids is 1. The van der Waals surface area contributed by atoms with E-state index in [-0.39, 0.29) is 18.6 Å². The number of nitrogens with zero attached hydrogens (tertiary/aromatic N) is 3. The highest BCUT2D eigenvalue weighted by Crippen LogP contribution is 2.23. The Bertz CT molecular complexity index is 847. The first-order chi connectivity index (χ1) is 13.4. The summed E-state index contributed by atoms with van der Waals surface area (Å²) in [6.07, 6.45) is -0.195. The number of ether oxygens (including phenoxy) is 1. The number of amides is 1. The van der Waals surface area contributed by atoms with Crippen molar-refractivity contribution >= 4 is 11.9 Å². The van der Waals surface area contributed by atoms with Gasteiger partial charge in [-0.25, -0.2) is 0 Å². The highest BCUT2D eigenvalue weighted by molar-refractivity contribution is 5.96. The van der Waals surface area contributed by atoms with Crippen LogP contribution in [0, 0.1) is 13.8 Å². The molecule has 1 amide bonds. The Kier molecular flexibility index (Phi) is 6.16. The van der Waals surface area contributed by atoms with Crippen LogP contribution < -0.4 is 0 Å². The number of morpholine rings is 1. The molecule has 0 saturated carbocycles. The molecule has 1 saturated heterocycles. The fraction of sp³-hybridized carbons (Fsp3) is 0.429. The van der Waals surface area contributed by atoms with E-state index < -0.39 is 5.97 Å². The second-order valence-corrected chi connectivity index (χ2v) is 7.29. The number of para-hydroxylation sites is 1. The van der Waals surface area contributed by atoms with Crippen LogP contribution in [0.3, 0.4) is 0 Å². The number of hydrogen-bond donors (Lipinski definition) is 1. The number of aliphatic carboxylic acids is 1. The summed E-state index contributed by atoms with van der Waals surface area (Å²) in [5.41, 5.74) is 3.66. The minimum absolute atomic E-state index is 0.00975. The van der Waals surface area contributed by atoms with Gasteiger partial charge in [0.05, 0.1) is 24.8 Å². The zero-order chi connectivity index (χ0) is 20.3. The summed E-state index contributed by atoms with van der Waals surface area (Å²) in [6.45, 7) is 5.83. The fourth-order valence-corrected chi connectivity index (χ4v) is 3.78. The van der Waals surface area contributed by atoms with Crippen molar-refractivity contribution < 1.29 is 19.4 Å². The number of carboxylic acid groups (broad SMARTS) is 1. The van der Waals surface area contributed by atoms with Gasteiger partial charge < -0.3 is 19.3 Å². The molecular formula is C21H27N3O4. The molecule has 150 valence electrons. The molecule has 1 fully saturated rings. The van der Waals surface area contributed by atoms with E-state index in [1.807, 2.05) is 50.2 Å². The Hall–Kier alpha value is -2.64. The first-order valence-corrected chi connectivity index (χ1v) is 9.42. The molecule has 7 heteroatoms. The Morgan fingerprint density at radius 2 is 1.96 bits per heavy atom. The Morgan fingerprint density at radius 1 is 1.25 bits per heavy atom. The normalized spacial score (nSPS) is 17.1. The van der Waals surface area contributed by atoms with Crippen LogP contribution in [0.1, 0.15) is 21.7 Å². The SMILES string of the molecule is Cc1cc(C(=O)N2CCOC(CN(C)CC(=O)O)C2)c(C)n1-c1ccccc1. The second kappa shape index (κ2) is 8.58. The van der Waals surface area contributed by atoms with Crippen LogP contribution in [0.15, 0.2) is 36.4 Å². The van der Waals surface area contributed by atoms with Gasteiger partial charge >= 0.3 is 5.97 Å². The molecule has 7 nitrogen and oxygen atoms in total. The molecule has 0 spiro atoms. The molecule has 1 aliphatic heterocycles. The van der Waals surface area contributed by atoms with Crippen molar-refractivity contribution in [3.8, 4) is 5.69 Å². The largest absolute Gasteiger partial charge is 0.480 e. The van der Waals surface area contributed by atoms with Gasteiger partial charge in [0.1, 0.15) is 0 Å². The molecule has 2 heterocycles. The van der Waals surface area contributed by atoms with Crippen LogP contribution in [0.5, 0.6) is 0 Å². The van der Waals surface area contributed by atoms with Gasteiger partial charge in [-0.3, -0.25) is 14.5 Å². The number of carboxylic acids is 1. The number of hydrogen-bond acceptors (Lipinski definition) is 4. The zero-order valence-corrected chi connectivity index (χ0v) is 16.6. The third-order valence-corrected chi connectivity index (χ3v) is 5.02. The van der Waals surface area contributed by atoms with Crippen LogP contribution in [0.25, 0.3) is 5.69 Å². The van der Waals surface area contributed by atoms with E-state index >= 15 is 0 Å². The molecule has 1 aromatic heterocycles. The van der Waals surface area contributed by atoms with Crippen molar-refractivity contribution in [2.75, 3.05) is 39.8 Å². The number of rotatable bonds is 6. The van der Waals surface area contributed by atoms with E-state index in [1.165, 1.54) is 0 Å². The third-order valence-electron chi connectivity index (χ3n) is 5.02. The number of aryl methyl sites for hydroxylation is 1. The average Bonchev–Trinajstić information content (AvgIpc) is 2.95. The second-order valence-electron chi connectivity index (χ2n) is 7.29. The van der Waals surface area contributed by atoms with Crippen molar-refractivity contribution in [2.24, 2.45) is 0 Å². The van der Waals surface area contributed by atoms with Crippen LogP contribution in [-0.2, 0) is 9.53 Å². The highest BCUT2D eigenvalue weighted by atomic mass is 16.5. The maximum absolute atomic E-state index is 13.2. The molecule has 1 aromatic carbocycles. The average molecular weight is 385 g/mol. The van der Waals surface area contributed by atoms with E-state index in [0.29, 0.717) is 31.8 Å². The molecular weight excluding hydrogens is 358 g/mol. The summed E-state index contributed by atoms with van der Waals surface area (Å²) in [7, 11) is 1.74. The minimum atomic E-state index is -0.875. The molecule has 1 aliphatic rings. The maximum Gasteiger partial charge on any atom is 0.317 e. The van der Waals surface area contributed by atoms with Crippen LogP contribution in [-0.4, -0.2) is 77.3 Å². The van der Waals surface area contributed by atoms with Crippen molar-refractivity contribution in [1.29, 1.82) is 0 Å². The molecule has 0 bridgehead atoms. The first kappa shape index (κ1) is 20.1.